The van der Waals surface area contributed by atoms with Crippen molar-refractivity contribution in [3.63, 3.8) is 0 Å². The highest BCUT2D eigenvalue weighted by atomic mass is 79.9. The van der Waals surface area contributed by atoms with Crippen molar-refractivity contribution in [1.82, 2.24) is 5.32 Å². The molecule has 1 heterocycles. The van der Waals surface area contributed by atoms with Gasteiger partial charge in [0.25, 0.3) is 5.91 Å². The molecule has 0 unspecified atom stereocenters. The molecule has 3 nitrogen and oxygen atoms in total. The smallest absolute Gasteiger partial charge is 0.252 e. The number of benzene rings is 1. The predicted octanol–water partition coefficient (Wildman–Crippen LogP) is 3.32. The van der Waals surface area contributed by atoms with E-state index in [1.54, 1.807) is 12.3 Å². The summed E-state index contributed by atoms with van der Waals surface area (Å²) in [5, 5.41) is 2.88. The Morgan fingerprint density at radius 1 is 1.33 bits per heavy atom. The SMILES string of the molecule is Cc1cccc(C(=O)NCCc2ccco2)c1Br. The quantitative estimate of drug-likeness (QED) is 0.941. The van der Waals surface area contributed by atoms with Crippen LogP contribution in [-0.4, -0.2) is 12.5 Å². The molecule has 0 aliphatic heterocycles. The molecule has 18 heavy (non-hydrogen) atoms. The fraction of sp³-hybridized carbons (Fsp3) is 0.214. The number of carbonyl (C=O) groups excluding carboxylic acids is 1. The van der Waals surface area contributed by atoms with Crippen molar-refractivity contribution in [2.45, 2.75) is 13.3 Å². The highest BCUT2D eigenvalue weighted by molar-refractivity contribution is 9.10. The van der Waals surface area contributed by atoms with Crippen LogP contribution in [0.15, 0.2) is 45.5 Å². The molecule has 0 spiro atoms. The van der Waals surface area contributed by atoms with Gasteiger partial charge in [-0.15, -0.1) is 0 Å². The van der Waals surface area contributed by atoms with Crippen LogP contribution in [0.1, 0.15) is 21.7 Å². The van der Waals surface area contributed by atoms with Gasteiger partial charge in [0, 0.05) is 17.4 Å². The van der Waals surface area contributed by atoms with Gasteiger partial charge in [0.15, 0.2) is 0 Å². The summed E-state index contributed by atoms with van der Waals surface area (Å²) in [6.45, 7) is 2.52. The second-order valence-corrected chi connectivity index (χ2v) is 4.81. The number of hydrogen-bond acceptors (Lipinski definition) is 2. The summed E-state index contributed by atoms with van der Waals surface area (Å²) >= 11 is 3.43. The van der Waals surface area contributed by atoms with E-state index in [0.29, 0.717) is 18.5 Å². The van der Waals surface area contributed by atoms with E-state index in [9.17, 15) is 4.79 Å². The molecule has 94 valence electrons. The van der Waals surface area contributed by atoms with Crippen molar-refractivity contribution in [2.75, 3.05) is 6.54 Å². The van der Waals surface area contributed by atoms with E-state index in [1.807, 2.05) is 31.2 Å². The van der Waals surface area contributed by atoms with Gasteiger partial charge in [0.2, 0.25) is 0 Å². The Balaban J connectivity index is 1.93. The summed E-state index contributed by atoms with van der Waals surface area (Å²) in [5.74, 6) is 0.802. The van der Waals surface area contributed by atoms with Crippen molar-refractivity contribution < 1.29 is 9.21 Å². The topological polar surface area (TPSA) is 42.2 Å². The highest BCUT2D eigenvalue weighted by Crippen LogP contribution is 2.20. The molecule has 1 amide bonds. The lowest BCUT2D eigenvalue weighted by atomic mass is 10.1. The second kappa shape index (κ2) is 5.87. The summed E-state index contributed by atoms with van der Waals surface area (Å²) in [7, 11) is 0. The molecule has 2 rings (SSSR count). The lowest BCUT2D eigenvalue weighted by molar-refractivity contribution is 0.0953. The Labute approximate surface area is 114 Å². The standard InChI is InChI=1S/C14H14BrNO2/c1-10-4-2-6-12(13(10)15)14(17)16-8-7-11-5-3-9-18-11/h2-6,9H,7-8H2,1H3,(H,16,17). The molecule has 0 atom stereocenters. The van der Waals surface area contributed by atoms with E-state index in [4.69, 9.17) is 4.42 Å². The molecule has 0 fully saturated rings. The zero-order chi connectivity index (χ0) is 13.0. The number of rotatable bonds is 4. The first-order valence-electron chi connectivity index (χ1n) is 5.74. The lowest BCUT2D eigenvalue weighted by Gasteiger charge is -2.07. The van der Waals surface area contributed by atoms with Gasteiger partial charge in [-0.2, -0.15) is 0 Å². The van der Waals surface area contributed by atoms with Crippen molar-refractivity contribution in [1.29, 1.82) is 0 Å². The predicted molar refractivity (Wildman–Crippen MR) is 73.6 cm³/mol. The maximum atomic E-state index is 12.0. The van der Waals surface area contributed by atoms with Crippen LogP contribution >= 0.6 is 15.9 Å². The van der Waals surface area contributed by atoms with Crippen molar-refractivity contribution in [3.05, 3.63) is 58.0 Å². The van der Waals surface area contributed by atoms with Crippen LogP contribution in [-0.2, 0) is 6.42 Å². The first kappa shape index (κ1) is 12.9. The normalized spacial score (nSPS) is 10.3. The Hall–Kier alpha value is -1.55. The van der Waals surface area contributed by atoms with Crippen molar-refractivity contribution in [2.24, 2.45) is 0 Å². The Bertz CT molecular complexity index is 535. The van der Waals surface area contributed by atoms with Gasteiger partial charge >= 0.3 is 0 Å². The zero-order valence-corrected chi connectivity index (χ0v) is 11.7. The lowest BCUT2D eigenvalue weighted by Crippen LogP contribution is -2.26. The second-order valence-electron chi connectivity index (χ2n) is 4.02. The van der Waals surface area contributed by atoms with Crippen LogP contribution in [0.5, 0.6) is 0 Å². The fourth-order valence-electron chi connectivity index (χ4n) is 1.67. The first-order valence-corrected chi connectivity index (χ1v) is 6.53. The van der Waals surface area contributed by atoms with Gasteiger partial charge in [0.1, 0.15) is 5.76 Å². The van der Waals surface area contributed by atoms with Gasteiger partial charge in [-0.3, -0.25) is 4.79 Å². The maximum Gasteiger partial charge on any atom is 0.252 e. The number of furan rings is 1. The summed E-state index contributed by atoms with van der Waals surface area (Å²) < 4.78 is 6.05. The zero-order valence-electron chi connectivity index (χ0n) is 10.1. The molecule has 0 saturated carbocycles. The maximum absolute atomic E-state index is 12.0. The molecule has 4 heteroatoms. The first-order chi connectivity index (χ1) is 8.68. The number of hydrogen-bond donors (Lipinski definition) is 1. The minimum absolute atomic E-state index is 0.0721. The van der Waals surface area contributed by atoms with Crippen LogP contribution in [0.25, 0.3) is 0 Å². The van der Waals surface area contributed by atoms with Crippen LogP contribution in [0.2, 0.25) is 0 Å². The number of aryl methyl sites for hydroxylation is 1. The minimum Gasteiger partial charge on any atom is -0.469 e. The third-order valence-corrected chi connectivity index (χ3v) is 3.73. The number of halogens is 1. The van der Waals surface area contributed by atoms with Gasteiger partial charge in [-0.1, -0.05) is 12.1 Å². The number of nitrogens with one attached hydrogen (secondary N) is 1. The Morgan fingerprint density at radius 2 is 2.17 bits per heavy atom. The van der Waals surface area contributed by atoms with E-state index in [-0.39, 0.29) is 5.91 Å². The summed E-state index contributed by atoms with van der Waals surface area (Å²) in [6.07, 6.45) is 2.33. The van der Waals surface area contributed by atoms with Gasteiger partial charge < -0.3 is 9.73 Å². The molecule has 0 aliphatic carbocycles. The molecule has 1 aromatic heterocycles. The molecule has 1 aromatic carbocycles. The van der Waals surface area contributed by atoms with E-state index in [2.05, 4.69) is 21.2 Å². The Kier molecular flexibility index (Phi) is 4.20. The molecule has 0 bridgehead atoms. The summed E-state index contributed by atoms with van der Waals surface area (Å²) in [4.78, 5) is 12.0. The van der Waals surface area contributed by atoms with E-state index >= 15 is 0 Å². The Morgan fingerprint density at radius 3 is 2.89 bits per heavy atom. The van der Waals surface area contributed by atoms with Crippen LogP contribution in [0, 0.1) is 6.92 Å². The molecular weight excluding hydrogens is 294 g/mol. The third-order valence-electron chi connectivity index (χ3n) is 2.67. The molecule has 0 saturated heterocycles. The van der Waals surface area contributed by atoms with E-state index < -0.39 is 0 Å². The molecule has 1 N–H and O–H groups in total. The molecule has 0 radical (unpaired) electrons. The highest BCUT2D eigenvalue weighted by Gasteiger charge is 2.10. The monoisotopic (exact) mass is 307 g/mol. The molecular formula is C14H14BrNO2. The summed E-state index contributed by atoms with van der Waals surface area (Å²) in [5.41, 5.74) is 1.71. The number of amides is 1. The average Bonchev–Trinajstić information content (AvgIpc) is 2.85. The van der Waals surface area contributed by atoms with Crippen LogP contribution in [0.4, 0.5) is 0 Å². The number of carbonyl (C=O) groups is 1. The molecule has 0 aliphatic rings. The van der Waals surface area contributed by atoms with Crippen LogP contribution < -0.4 is 5.32 Å². The minimum atomic E-state index is -0.0721. The van der Waals surface area contributed by atoms with Gasteiger partial charge in [-0.05, 0) is 46.6 Å². The fourth-order valence-corrected chi connectivity index (χ4v) is 2.12. The largest absolute Gasteiger partial charge is 0.469 e. The molecule has 2 aromatic rings. The summed E-state index contributed by atoms with van der Waals surface area (Å²) in [6, 6.07) is 9.38. The van der Waals surface area contributed by atoms with Gasteiger partial charge in [0.05, 0.1) is 11.8 Å². The average molecular weight is 308 g/mol. The third kappa shape index (κ3) is 3.01. The van der Waals surface area contributed by atoms with Crippen LogP contribution in [0.3, 0.4) is 0 Å². The van der Waals surface area contributed by atoms with Gasteiger partial charge in [-0.25, -0.2) is 0 Å². The van der Waals surface area contributed by atoms with Crippen molar-refractivity contribution >= 4 is 21.8 Å². The van der Waals surface area contributed by atoms with E-state index in [1.165, 1.54) is 0 Å². The van der Waals surface area contributed by atoms with E-state index in [0.717, 1.165) is 15.8 Å². The van der Waals surface area contributed by atoms with Crippen molar-refractivity contribution in [3.8, 4) is 0 Å².